The molecule has 4 rings (SSSR count). The van der Waals surface area contributed by atoms with Crippen LogP contribution in [0.2, 0.25) is 0 Å². The van der Waals surface area contributed by atoms with Gasteiger partial charge in [0.2, 0.25) is 0 Å². The highest BCUT2D eigenvalue weighted by Crippen LogP contribution is 2.47. The molecule has 21 heavy (non-hydrogen) atoms. The molecule has 1 N–H and O–H groups in total. The second-order valence-corrected chi connectivity index (χ2v) is 7.21. The van der Waals surface area contributed by atoms with Crippen molar-refractivity contribution in [1.82, 2.24) is 9.88 Å². The molecule has 0 aliphatic carbocycles. The van der Waals surface area contributed by atoms with Crippen molar-refractivity contribution in [1.29, 1.82) is 0 Å². The molecular formula is C19H26N2. The van der Waals surface area contributed by atoms with Crippen LogP contribution in [0.3, 0.4) is 0 Å². The van der Waals surface area contributed by atoms with Gasteiger partial charge < -0.3 is 4.98 Å². The number of rotatable bonds is 3. The van der Waals surface area contributed by atoms with Crippen molar-refractivity contribution in [2.45, 2.75) is 51.5 Å². The second-order valence-electron chi connectivity index (χ2n) is 7.21. The van der Waals surface area contributed by atoms with Gasteiger partial charge in [0.1, 0.15) is 0 Å². The molecule has 2 nitrogen and oxygen atoms in total. The Morgan fingerprint density at radius 3 is 3.05 bits per heavy atom. The van der Waals surface area contributed by atoms with E-state index in [0.717, 1.165) is 5.92 Å². The molecule has 1 aromatic heterocycles. The summed E-state index contributed by atoms with van der Waals surface area (Å²) in [5, 5.41) is 1.45. The minimum atomic E-state index is 0.241. The van der Waals surface area contributed by atoms with E-state index in [4.69, 9.17) is 0 Å². The molecule has 1 aromatic carbocycles. The maximum atomic E-state index is 3.76. The highest BCUT2D eigenvalue weighted by atomic mass is 15.2. The molecule has 0 radical (unpaired) electrons. The van der Waals surface area contributed by atoms with E-state index in [-0.39, 0.29) is 5.54 Å². The molecule has 0 saturated carbocycles. The zero-order valence-electron chi connectivity index (χ0n) is 13.3. The van der Waals surface area contributed by atoms with Gasteiger partial charge >= 0.3 is 0 Å². The maximum absolute atomic E-state index is 3.76. The first kappa shape index (κ1) is 13.4. The Morgan fingerprint density at radius 2 is 2.19 bits per heavy atom. The summed E-state index contributed by atoms with van der Waals surface area (Å²) in [6, 6.07) is 8.82. The second kappa shape index (κ2) is 4.88. The van der Waals surface area contributed by atoms with Crippen molar-refractivity contribution in [3.63, 3.8) is 0 Å². The Balaban J connectivity index is 1.73. The standard InChI is InChI=1S/C19H26N2/c1-3-4-7-14-12-19(2)18-16(10-11-21(19)13-14)15-8-5-6-9-17(15)20-18/h5-6,8-9,14,20H,3-4,7,10-13H2,1-2H3/t14-,19-/m1/s1. The van der Waals surface area contributed by atoms with Crippen LogP contribution in [0.1, 0.15) is 50.8 Å². The predicted octanol–water partition coefficient (Wildman–Crippen LogP) is 4.45. The molecule has 0 spiro atoms. The zero-order chi connectivity index (χ0) is 14.4. The lowest BCUT2D eigenvalue weighted by atomic mass is 9.84. The maximum Gasteiger partial charge on any atom is 0.0589 e. The first-order valence-corrected chi connectivity index (χ1v) is 8.57. The lowest BCUT2D eigenvalue weighted by Crippen LogP contribution is -2.44. The van der Waals surface area contributed by atoms with E-state index in [1.165, 1.54) is 61.8 Å². The highest BCUT2D eigenvalue weighted by Gasteiger charge is 2.47. The fraction of sp³-hybridized carbons (Fsp3) is 0.579. The summed E-state index contributed by atoms with van der Waals surface area (Å²) in [5.41, 5.74) is 4.65. The topological polar surface area (TPSA) is 19.0 Å². The van der Waals surface area contributed by atoms with Crippen molar-refractivity contribution in [2.24, 2.45) is 5.92 Å². The van der Waals surface area contributed by atoms with Crippen molar-refractivity contribution in [3.8, 4) is 0 Å². The third-order valence-corrected chi connectivity index (χ3v) is 5.81. The van der Waals surface area contributed by atoms with Gasteiger partial charge in [0.05, 0.1) is 5.54 Å². The van der Waals surface area contributed by atoms with Gasteiger partial charge in [-0.3, -0.25) is 4.90 Å². The summed E-state index contributed by atoms with van der Waals surface area (Å²) in [5.74, 6) is 0.882. The Kier molecular flexibility index (Phi) is 3.11. The smallest absolute Gasteiger partial charge is 0.0589 e. The number of nitrogens with one attached hydrogen (secondary N) is 1. The van der Waals surface area contributed by atoms with E-state index in [2.05, 4.69) is 48.0 Å². The number of fused-ring (bicyclic) bond motifs is 5. The van der Waals surface area contributed by atoms with E-state index in [0.29, 0.717) is 0 Å². The molecule has 2 heteroatoms. The molecule has 2 atom stereocenters. The molecule has 1 fully saturated rings. The summed E-state index contributed by atoms with van der Waals surface area (Å²) >= 11 is 0. The first-order chi connectivity index (χ1) is 10.2. The van der Waals surface area contributed by atoms with Crippen molar-refractivity contribution in [2.75, 3.05) is 13.1 Å². The van der Waals surface area contributed by atoms with Crippen LogP contribution in [-0.4, -0.2) is 23.0 Å². The first-order valence-electron chi connectivity index (χ1n) is 8.57. The van der Waals surface area contributed by atoms with Crippen LogP contribution in [0, 0.1) is 5.92 Å². The van der Waals surface area contributed by atoms with E-state index < -0.39 is 0 Å². The van der Waals surface area contributed by atoms with Crippen LogP contribution in [0.15, 0.2) is 24.3 Å². The van der Waals surface area contributed by atoms with Crippen molar-refractivity contribution >= 4 is 10.9 Å². The van der Waals surface area contributed by atoms with Crippen molar-refractivity contribution in [3.05, 3.63) is 35.5 Å². The molecule has 2 aliphatic heterocycles. The quantitative estimate of drug-likeness (QED) is 0.881. The fourth-order valence-corrected chi connectivity index (χ4v) is 4.72. The van der Waals surface area contributed by atoms with Gasteiger partial charge in [-0.1, -0.05) is 38.0 Å². The summed E-state index contributed by atoms with van der Waals surface area (Å²) in [6.07, 6.45) is 6.64. The van der Waals surface area contributed by atoms with Crippen LogP contribution in [0.5, 0.6) is 0 Å². The number of aromatic amines is 1. The Labute approximate surface area is 127 Å². The molecule has 3 heterocycles. The van der Waals surface area contributed by atoms with Gasteiger partial charge in [0.15, 0.2) is 0 Å². The lowest BCUT2D eigenvalue weighted by Gasteiger charge is -2.39. The van der Waals surface area contributed by atoms with Gasteiger partial charge in [-0.15, -0.1) is 0 Å². The van der Waals surface area contributed by atoms with Gasteiger partial charge in [-0.25, -0.2) is 0 Å². The normalized spacial score (nSPS) is 28.8. The van der Waals surface area contributed by atoms with Gasteiger partial charge in [-0.2, -0.15) is 0 Å². The third-order valence-electron chi connectivity index (χ3n) is 5.81. The van der Waals surface area contributed by atoms with Gasteiger partial charge in [0, 0.05) is 29.7 Å². The number of hydrogen-bond donors (Lipinski definition) is 1. The Morgan fingerprint density at radius 1 is 1.33 bits per heavy atom. The van der Waals surface area contributed by atoms with Crippen LogP contribution in [0.25, 0.3) is 10.9 Å². The SMILES string of the molecule is CCCC[C@H]1CN2CCc3c([nH]c4ccccc34)[C@@]2(C)C1. The van der Waals surface area contributed by atoms with Crippen LogP contribution < -0.4 is 0 Å². The molecular weight excluding hydrogens is 256 g/mol. The Hall–Kier alpha value is -1.28. The number of nitrogens with zero attached hydrogens (tertiary/aromatic N) is 1. The molecule has 1 saturated heterocycles. The summed E-state index contributed by atoms with van der Waals surface area (Å²) in [4.78, 5) is 6.50. The van der Waals surface area contributed by atoms with E-state index in [1.54, 1.807) is 5.56 Å². The summed E-state index contributed by atoms with van der Waals surface area (Å²) in [7, 11) is 0. The third kappa shape index (κ3) is 1.96. The predicted molar refractivity (Wildman–Crippen MR) is 88.6 cm³/mol. The average molecular weight is 282 g/mol. The fourth-order valence-electron chi connectivity index (χ4n) is 4.72. The van der Waals surface area contributed by atoms with E-state index in [1.807, 2.05) is 0 Å². The largest absolute Gasteiger partial charge is 0.357 e. The number of benzene rings is 1. The molecule has 0 amide bonds. The summed E-state index contributed by atoms with van der Waals surface area (Å²) < 4.78 is 0. The molecule has 2 aromatic rings. The number of hydrogen-bond acceptors (Lipinski definition) is 1. The van der Waals surface area contributed by atoms with Gasteiger partial charge in [0.25, 0.3) is 0 Å². The number of H-pyrrole nitrogens is 1. The van der Waals surface area contributed by atoms with Crippen molar-refractivity contribution < 1.29 is 0 Å². The monoisotopic (exact) mass is 282 g/mol. The van der Waals surface area contributed by atoms with Crippen LogP contribution in [0.4, 0.5) is 0 Å². The minimum absolute atomic E-state index is 0.241. The minimum Gasteiger partial charge on any atom is -0.357 e. The van der Waals surface area contributed by atoms with Gasteiger partial charge in [-0.05, 0) is 43.7 Å². The molecule has 0 unspecified atom stereocenters. The highest BCUT2D eigenvalue weighted by molar-refractivity contribution is 5.85. The number of para-hydroxylation sites is 1. The molecule has 2 aliphatic rings. The average Bonchev–Trinajstić information content (AvgIpc) is 3.03. The zero-order valence-corrected chi connectivity index (χ0v) is 13.3. The molecule has 112 valence electrons. The summed E-state index contributed by atoms with van der Waals surface area (Å²) in [6.45, 7) is 7.30. The molecule has 0 bridgehead atoms. The van der Waals surface area contributed by atoms with E-state index >= 15 is 0 Å². The number of aromatic nitrogens is 1. The van der Waals surface area contributed by atoms with Crippen LogP contribution in [-0.2, 0) is 12.0 Å². The van der Waals surface area contributed by atoms with E-state index in [9.17, 15) is 0 Å². The Bertz CT molecular complexity index is 657. The van der Waals surface area contributed by atoms with Crippen LogP contribution >= 0.6 is 0 Å². The lowest BCUT2D eigenvalue weighted by molar-refractivity contribution is 0.139. The number of unbranched alkanes of at least 4 members (excludes halogenated alkanes) is 1.